The van der Waals surface area contributed by atoms with E-state index in [0.717, 1.165) is 38.2 Å². The van der Waals surface area contributed by atoms with Gasteiger partial charge in [0.05, 0.1) is 0 Å². The predicted octanol–water partition coefficient (Wildman–Crippen LogP) is 12.8. The Morgan fingerprint density at radius 3 is 1.27 bits per heavy atom. The lowest BCUT2D eigenvalue weighted by atomic mass is 9.93. The van der Waals surface area contributed by atoms with Crippen molar-refractivity contribution in [3.8, 4) is 56.4 Å². The molecule has 3 nitrogen and oxygen atoms in total. The van der Waals surface area contributed by atoms with Crippen LogP contribution < -0.4 is 0 Å². The zero-order valence-electron chi connectivity index (χ0n) is 28.2. The fourth-order valence-electron chi connectivity index (χ4n) is 7.38. The van der Waals surface area contributed by atoms with Crippen LogP contribution in [0.3, 0.4) is 0 Å². The second-order valence-corrected chi connectivity index (χ2v) is 13.3. The van der Waals surface area contributed by atoms with Crippen molar-refractivity contribution < 1.29 is 0 Å². The van der Waals surface area contributed by atoms with E-state index >= 15 is 0 Å². The van der Waals surface area contributed by atoms with Gasteiger partial charge in [-0.2, -0.15) is 0 Å². The Bertz CT molecular complexity index is 2970. The first-order chi connectivity index (χ1) is 25.7. The first-order valence-corrected chi connectivity index (χ1v) is 17.6. The third kappa shape index (κ3) is 5.37. The number of benzene rings is 9. The molecule has 0 fully saturated rings. The van der Waals surface area contributed by atoms with E-state index < -0.39 is 0 Å². The quantitative estimate of drug-likeness (QED) is 0.184. The van der Waals surface area contributed by atoms with E-state index in [-0.39, 0.29) is 0 Å². The summed E-state index contributed by atoms with van der Waals surface area (Å²) in [6.07, 6.45) is 0. The molecule has 9 aromatic carbocycles. The van der Waals surface area contributed by atoms with E-state index in [0.29, 0.717) is 17.5 Å². The molecule has 0 amide bonds. The fourth-order valence-corrected chi connectivity index (χ4v) is 7.38. The van der Waals surface area contributed by atoms with Crippen molar-refractivity contribution in [2.24, 2.45) is 0 Å². The van der Waals surface area contributed by atoms with Crippen molar-refractivity contribution in [1.82, 2.24) is 15.0 Å². The van der Waals surface area contributed by atoms with Gasteiger partial charge >= 0.3 is 0 Å². The SMILES string of the molecule is c1ccc(-c2ccc3cc(-c4nc(-c5ccc6ccccc6c5)nc(-c5ccc(-c6ccc7ccccc7c6)c6ccccc56)n4)ccc3c2)cc1. The zero-order valence-corrected chi connectivity index (χ0v) is 28.2. The number of hydrogen-bond donors (Lipinski definition) is 0. The maximum absolute atomic E-state index is 5.20. The lowest BCUT2D eigenvalue weighted by Gasteiger charge is -2.14. The molecule has 10 aromatic rings. The normalized spacial score (nSPS) is 11.5. The highest BCUT2D eigenvalue weighted by molar-refractivity contribution is 6.05. The van der Waals surface area contributed by atoms with Crippen molar-refractivity contribution in [3.63, 3.8) is 0 Å². The van der Waals surface area contributed by atoms with Gasteiger partial charge in [0.15, 0.2) is 17.5 Å². The Morgan fingerprint density at radius 1 is 0.231 bits per heavy atom. The average Bonchev–Trinajstić information content (AvgIpc) is 3.22. The molecule has 0 N–H and O–H groups in total. The Hall–Kier alpha value is -6.97. The second-order valence-electron chi connectivity index (χ2n) is 13.3. The summed E-state index contributed by atoms with van der Waals surface area (Å²) in [6, 6.07) is 66.6. The third-order valence-corrected chi connectivity index (χ3v) is 10.1. The molecule has 0 unspecified atom stereocenters. The maximum atomic E-state index is 5.20. The van der Waals surface area contributed by atoms with Crippen LogP contribution in [0.15, 0.2) is 188 Å². The number of nitrogens with zero attached hydrogens (tertiary/aromatic N) is 3. The molecule has 0 bridgehead atoms. The summed E-state index contributed by atoms with van der Waals surface area (Å²) >= 11 is 0. The molecule has 0 aliphatic rings. The van der Waals surface area contributed by atoms with Gasteiger partial charge in [0.1, 0.15) is 0 Å². The highest BCUT2D eigenvalue weighted by Crippen LogP contribution is 2.37. The largest absolute Gasteiger partial charge is 0.208 e. The number of hydrogen-bond acceptors (Lipinski definition) is 3. The van der Waals surface area contributed by atoms with E-state index in [9.17, 15) is 0 Å². The summed E-state index contributed by atoms with van der Waals surface area (Å²) in [7, 11) is 0. The number of fused-ring (bicyclic) bond motifs is 4. The van der Waals surface area contributed by atoms with Gasteiger partial charge in [0, 0.05) is 16.7 Å². The van der Waals surface area contributed by atoms with Crippen LogP contribution in [-0.4, -0.2) is 15.0 Å². The summed E-state index contributed by atoms with van der Waals surface area (Å²) in [5.41, 5.74) is 7.63. The summed E-state index contributed by atoms with van der Waals surface area (Å²) in [4.78, 5) is 15.5. The molecule has 1 heterocycles. The maximum Gasteiger partial charge on any atom is 0.164 e. The van der Waals surface area contributed by atoms with Crippen LogP contribution >= 0.6 is 0 Å². The van der Waals surface area contributed by atoms with E-state index in [4.69, 9.17) is 15.0 Å². The van der Waals surface area contributed by atoms with Gasteiger partial charge in [-0.3, -0.25) is 0 Å². The van der Waals surface area contributed by atoms with Crippen LogP contribution in [0, 0.1) is 0 Å². The molecule has 0 saturated heterocycles. The van der Waals surface area contributed by atoms with Crippen molar-refractivity contribution in [3.05, 3.63) is 188 Å². The smallest absolute Gasteiger partial charge is 0.164 e. The average molecular weight is 662 g/mol. The molecule has 0 spiro atoms. The summed E-state index contributed by atoms with van der Waals surface area (Å²) in [5.74, 6) is 1.94. The second kappa shape index (κ2) is 12.4. The zero-order chi connectivity index (χ0) is 34.4. The van der Waals surface area contributed by atoms with Crippen molar-refractivity contribution in [1.29, 1.82) is 0 Å². The third-order valence-electron chi connectivity index (χ3n) is 10.1. The molecule has 3 heteroatoms. The summed E-state index contributed by atoms with van der Waals surface area (Å²) < 4.78 is 0. The minimum atomic E-state index is 0.643. The van der Waals surface area contributed by atoms with Crippen LogP contribution in [-0.2, 0) is 0 Å². The summed E-state index contributed by atoms with van der Waals surface area (Å²) in [6.45, 7) is 0. The Balaban J connectivity index is 1.14. The molecule has 0 saturated carbocycles. The molecular weight excluding hydrogens is 631 g/mol. The Morgan fingerprint density at radius 2 is 0.635 bits per heavy atom. The molecule has 0 atom stereocenters. The van der Waals surface area contributed by atoms with Crippen LogP contribution in [0.4, 0.5) is 0 Å². The van der Waals surface area contributed by atoms with Gasteiger partial charge in [-0.05, 0) is 95.7 Å². The molecular formula is C49H31N3. The number of rotatable bonds is 5. The molecule has 0 radical (unpaired) electrons. The van der Waals surface area contributed by atoms with Crippen molar-refractivity contribution in [2.75, 3.05) is 0 Å². The minimum absolute atomic E-state index is 0.643. The molecule has 0 aliphatic carbocycles. The van der Waals surface area contributed by atoms with Gasteiger partial charge in [0.2, 0.25) is 0 Å². The lowest BCUT2D eigenvalue weighted by molar-refractivity contribution is 1.08. The predicted molar refractivity (Wildman–Crippen MR) is 217 cm³/mol. The van der Waals surface area contributed by atoms with Gasteiger partial charge in [0.25, 0.3) is 0 Å². The van der Waals surface area contributed by atoms with E-state index in [1.165, 1.54) is 43.8 Å². The van der Waals surface area contributed by atoms with Crippen LogP contribution in [0.5, 0.6) is 0 Å². The van der Waals surface area contributed by atoms with E-state index in [1.807, 2.05) is 6.07 Å². The number of aromatic nitrogens is 3. The highest BCUT2D eigenvalue weighted by Gasteiger charge is 2.17. The van der Waals surface area contributed by atoms with Crippen molar-refractivity contribution >= 4 is 43.1 Å². The Labute approximate surface area is 301 Å². The Kier molecular flexibility index (Phi) is 7.14. The van der Waals surface area contributed by atoms with Crippen LogP contribution in [0.25, 0.3) is 99.5 Å². The van der Waals surface area contributed by atoms with E-state index in [2.05, 4.69) is 182 Å². The highest BCUT2D eigenvalue weighted by atomic mass is 15.0. The van der Waals surface area contributed by atoms with E-state index in [1.54, 1.807) is 0 Å². The first kappa shape index (κ1) is 29.9. The standard InChI is InChI=1S/C49H31N3/c1-2-10-32(11-3-1)37-20-21-39-31-42(25-22-38(39)28-37)48-50-47(41-24-19-34-13-5-7-15-36(34)30-41)51-49(52-48)46-27-26-43(44-16-8-9-17-45(44)46)40-23-18-33-12-4-6-14-35(33)29-40/h1-31H. The first-order valence-electron chi connectivity index (χ1n) is 17.6. The molecule has 242 valence electrons. The minimum Gasteiger partial charge on any atom is -0.208 e. The van der Waals surface area contributed by atoms with Gasteiger partial charge in [-0.1, -0.05) is 158 Å². The molecule has 0 aliphatic heterocycles. The lowest BCUT2D eigenvalue weighted by Crippen LogP contribution is -2.01. The monoisotopic (exact) mass is 661 g/mol. The summed E-state index contributed by atoms with van der Waals surface area (Å²) in [5, 5.41) is 9.35. The molecule has 1 aromatic heterocycles. The fraction of sp³-hybridized carbons (Fsp3) is 0. The van der Waals surface area contributed by atoms with Gasteiger partial charge in [-0.15, -0.1) is 0 Å². The van der Waals surface area contributed by atoms with Gasteiger partial charge in [-0.25, -0.2) is 15.0 Å². The van der Waals surface area contributed by atoms with Crippen LogP contribution in [0.1, 0.15) is 0 Å². The molecule has 52 heavy (non-hydrogen) atoms. The topological polar surface area (TPSA) is 38.7 Å². The van der Waals surface area contributed by atoms with Gasteiger partial charge < -0.3 is 0 Å². The van der Waals surface area contributed by atoms with Crippen molar-refractivity contribution in [2.45, 2.75) is 0 Å². The molecule has 10 rings (SSSR count). The van der Waals surface area contributed by atoms with Crippen LogP contribution in [0.2, 0.25) is 0 Å².